The van der Waals surface area contributed by atoms with Gasteiger partial charge in [0, 0.05) is 65.8 Å². The Labute approximate surface area is 360 Å². The van der Waals surface area contributed by atoms with E-state index in [1.165, 1.54) is 0 Å². The van der Waals surface area contributed by atoms with Gasteiger partial charge in [-0.25, -0.2) is 4.98 Å². The van der Waals surface area contributed by atoms with E-state index in [9.17, 15) is 9.59 Å². The number of nitrogens with one attached hydrogen (secondary N) is 3. The van der Waals surface area contributed by atoms with Crippen LogP contribution in [0, 0.1) is 13.8 Å². The maximum Gasteiger partial charge on any atom is 0.216 e. The summed E-state index contributed by atoms with van der Waals surface area (Å²) in [5, 5.41) is 11.1. The fourth-order valence-electron chi connectivity index (χ4n) is 7.01. The van der Waals surface area contributed by atoms with Crippen molar-refractivity contribution in [1.29, 1.82) is 0 Å². The molecule has 0 spiro atoms. The summed E-state index contributed by atoms with van der Waals surface area (Å²) < 4.78 is 10.0. The highest BCUT2D eigenvalue weighted by molar-refractivity contribution is 5.90. The molecule has 310 valence electrons. The third kappa shape index (κ3) is 9.22. The van der Waals surface area contributed by atoms with Gasteiger partial charge in [-0.15, -0.1) is 0 Å². The van der Waals surface area contributed by atoms with E-state index < -0.39 is 0 Å². The van der Waals surface area contributed by atoms with E-state index in [0.717, 1.165) is 45.2 Å². The fourth-order valence-corrected chi connectivity index (χ4v) is 7.01. The second-order valence-electron chi connectivity index (χ2n) is 13.9. The molecule has 5 heterocycles. The van der Waals surface area contributed by atoms with Crippen LogP contribution in [-0.2, 0) is 6.61 Å². The number of aromatic nitrogens is 5. The van der Waals surface area contributed by atoms with Crippen molar-refractivity contribution in [3.05, 3.63) is 208 Å². The quantitative estimate of drug-likeness (QED) is 0.123. The summed E-state index contributed by atoms with van der Waals surface area (Å²) in [6.07, 6.45) is 4.95. The first-order valence-electron chi connectivity index (χ1n) is 20.5. The molecule has 0 unspecified atom stereocenters. The van der Waals surface area contributed by atoms with Crippen LogP contribution in [-0.4, -0.2) is 31.1 Å². The van der Waals surface area contributed by atoms with Crippen LogP contribution in [0.5, 0.6) is 5.88 Å². The van der Waals surface area contributed by atoms with Gasteiger partial charge in [-0.3, -0.25) is 28.7 Å². The molecule has 11 heteroatoms. The molecule has 9 aromatic rings. The first kappa shape index (κ1) is 42.1. The maximum atomic E-state index is 13.7. The van der Waals surface area contributed by atoms with E-state index in [4.69, 9.17) is 4.74 Å². The van der Waals surface area contributed by atoms with Gasteiger partial charge in [0.15, 0.2) is 5.43 Å². The Morgan fingerprint density at radius 3 is 1.48 bits per heavy atom. The highest BCUT2D eigenvalue weighted by atomic mass is 16.5. The lowest BCUT2D eigenvalue weighted by Crippen LogP contribution is -2.21. The number of hydrogen-bond acceptors (Lipinski definition) is 9. The van der Waals surface area contributed by atoms with Gasteiger partial charge in [0.1, 0.15) is 23.9 Å². The zero-order chi connectivity index (χ0) is 43.4. The number of rotatable bonds is 10. The Kier molecular flexibility index (Phi) is 13.4. The van der Waals surface area contributed by atoms with Crippen molar-refractivity contribution in [1.82, 2.24) is 24.1 Å². The first-order chi connectivity index (χ1) is 30.4. The number of nitrogens with zero attached hydrogens (tertiary/aromatic N) is 5. The molecule has 0 saturated carbocycles. The molecule has 0 fully saturated rings. The summed E-state index contributed by atoms with van der Waals surface area (Å²) in [6.45, 7) is 7.90. The summed E-state index contributed by atoms with van der Waals surface area (Å²) in [5.41, 5.74) is 7.72. The Bertz CT molecular complexity index is 3020. The second kappa shape index (κ2) is 19.8. The fraction of sp³-hybridized carbons (Fsp3) is 0.118. The molecule has 0 aliphatic rings. The van der Waals surface area contributed by atoms with Gasteiger partial charge in [-0.2, -0.15) is 0 Å². The van der Waals surface area contributed by atoms with Crippen molar-refractivity contribution in [2.45, 2.75) is 34.3 Å². The number of hydrogen-bond donors (Lipinski definition) is 3. The molecule has 0 radical (unpaired) electrons. The number of aryl methyl sites for hydroxylation is 2. The zero-order valence-corrected chi connectivity index (χ0v) is 35.3. The molecule has 11 nitrogen and oxygen atoms in total. The van der Waals surface area contributed by atoms with Crippen LogP contribution in [0.15, 0.2) is 180 Å². The van der Waals surface area contributed by atoms with Gasteiger partial charge in [0.2, 0.25) is 11.3 Å². The summed E-state index contributed by atoms with van der Waals surface area (Å²) in [6, 6.07) is 48.9. The molecule has 5 aromatic heterocycles. The highest BCUT2D eigenvalue weighted by Crippen LogP contribution is 2.32. The normalized spacial score (nSPS) is 10.5. The maximum absolute atomic E-state index is 13.7. The first-order valence-corrected chi connectivity index (χ1v) is 20.5. The van der Waals surface area contributed by atoms with Gasteiger partial charge in [-0.05, 0) is 80.6 Å². The third-order valence-corrected chi connectivity index (χ3v) is 9.83. The Morgan fingerprint density at radius 1 is 0.548 bits per heavy atom. The lowest BCUT2D eigenvalue weighted by Gasteiger charge is -2.22. The minimum absolute atomic E-state index is 0.0572. The number of ether oxygens (including phenoxy) is 1. The van der Waals surface area contributed by atoms with Crippen LogP contribution < -0.4 is 31.5 Å². The van der Waals surface area contributed by atoms with E-state index in [2.05, 4.69) is 40.0 Å². The predicted molar refractivity (Wildman–Crippen MR) is 253 cm³/mol. The van der Waals surface area contributed by atoms with Gasteiger partial charge >= 0.3 is 0 Å². The summed E-state index contributed by atoms with van der Waals surface area (Å²) in [4.78, 5) is 39.7. The van der Waals surface area contributed by atoms with Gasteiger partial charge in [0.05, 0.1) is 27.4 Å². The number of pyridine rings is 5. The topological polar surface area (TPSA) is 128 Å². The molecule has 0 aliphatic heterocycles. The minimum Gasteiger partial charge on any atom is -0.472 e. The van der Waals surface area contributed by atoms with Crippen LogP contribution in [0.3, 0.4) is 0 Å². The molecule has 3 N–H and O–H groups in total. The molecule has 9 rings (SSSR count). The average Bonchev–Trinajstić information content (AvgIpc) is 3.31. The SMILES string of the molecule is CC.CNc1c(Nc2ccccc2)n(-c2ccccc2)c2cc(C)ncc2c1=O.Cc1cc2c(cn1)c(=O)c(COc1ccccn1)c(Nc1ccccc1)n2-c1ccccc1. The van der Waals surface area contributed by atoms with Gasteiger partial charge < -0.3 is 20.7 Å². The van der Waals surface area contributed by atoms with Gasteiger partial charge in [-0.1, -0.05) is 92.7 Å². The number of anilines is 5. The van der Waals surface area contributed by atoms with Gasteiger partial charge in [0.25, 0.3) is 0 Å². The summed E-state index contributed by atoms with van der Waals surface area (Å²) in [5.74, 6) is 1.79. The van der Waals surface area contributed by atoms with Crippen molar-refractivity contribution in [2.24, 2.45) is 0 Å². The lowest BCUT2D eigenvalue weighted by molar-refractivity contribution is 0.293. The average molecular weight is 821 g/mol. The molecule has 0 aliphatic carbocycles. The van der Waals surface area contributed by atoms with E-state index in [1.54, 1.807) is 31.7 Å². The van der Waals surface area contributed by atoms with Crippen LogP contribution in [0.4, 0.5) is 28.7 Å². The summed E-state index contributed by atoms with van der Waals surface area (Å²) >= 11 is 0. The molecular formula is C51H48N8O3. The van der Waals surface area contributed by atoms with E-state index in [-0.39, 0.29) is 17.5 Å². The molecule has 0 saturated heterocycles. The number of benzene rings is 4. The molecule has 0 atom stereocenters. The Hall–Kier alpha value is -8.05. The Balaban J connectivity index is 0.000000183. The summed E-state index contributed by atoms with van der Waals surface area (Å²) in [7, 11) is 1.76. The van der Waals surface area contributed by atoms with Crippen molar-refractivity contribution in [3.63, 3.8) is 0 Å². The molecule has 62 heavy (non-hydrogen) atoms. The van der Waals surface area contributed by atoms with Crippen LogP contribution in [0.2, 0.25) is 0 Å². The minimum atomic E-state index is -0.126. The van der Waals surface area contributed by atoms with Crippen LogP contribution in [0.1, 0.15) is 30.8 Å². The van der Waals surface area contributed by atoms with Crippen LogP contribution in [0.25, 0.3) is 33.2 Å². The van der Waals surface area contributed by atoms with E-state index in [0.29, 0.717) is 39.5 Å². The third-order valence-electron chi connectivity index (χ3n) is 9.83. The van der Waals surface area contributed by atoms with Crippen molar-refractivity contribution < 1.29 is 4.74 Å². The largest absolute Gasteiger partial charge is 0.472 e. The van der Waals surface area contributed by atoms with Crippen LogP contribution >= 0.6 is 0 Å². The number of fused-ring (bicyclic) bond motifs is 2. The van der Waals surface area contributed by atoms with Crippen molar-refractivity contribution >= 4 is 50.5 Å². The zero-order valence-electron chi connectivity index (χ0n) is 35.3. The van der Waals surface area contributed by atoms with Crippen molar-refractivity contribution in [2.75, 3.05) is 23.0 Å². The molecule has 4 aromatic carbocycles. The second-order valence-corrected chi connectivity index (χ2v) is 13.9. The molecular weight excluding hydrogens is 773 g/mol. The molecule has 0 bridgehead atoms. The Morgan fingerprint density at radius 2 is 1.00 bits per heavy atom. The standard InChI is InChI=1S/C27H22N4O2.C22H20N4O.C2H6/c1-19-16-24-22(17-29-19)26(32)23(18-33-25-14-8-9-15-28-25)27(30-20-10-4-2-5-11-20)31(24)21-12-6-3-7-13-21;1-15-13-19-18(14-24-15)21(27)20(23-2)22(25-16-9-5-3-6-10-16)26(19)17-11-7-4-8-12-17;1-2/h2-17,30H,18H2,1H3;3-14,23,25H,1-2H3;1-2H3. The predicted octanol–water partition coefficient (Wildman–Crippen LogP) is 10.9. The monoisotopic (exact) mass is 820 g/mol. The molecule has 0 amide bonds. The highest BCUT2D eigenvalue weighted by Gasteiger charge is 2.21. The van der Waals surface area contributed by atoms with Crippen molar-refractivity contribution in [3.8, 4) is 17.3 Å². The lowest BCUT2D eigenvalue weighted by atomic mass is 10.1. The van der Waals surface area contributed by atoms with E-state index in [1.807, 2.05) is 173 Å². The number of para-hydroxylation sites is 4. The smallest absolute Gasteiger partial charge is 0.216 e. The van der Waals surface area contributed by atoms with E-state index >= 15 is 0 Å².